The van der Waals surface area contributed by atoms with E-state index >= 15 is 0 Å². The van der Waals surface area contributed by atoms with E-state index < -0.39 is 11.8 Å². The van der Waals surface area contributed by atoms with Crippen LogP contribution in [0.4, 0.5) is 8.78 Å². The average molecular weight is 215 g/mol. The highest BCUT2D eigenvalue weighted by atomic mass is 19.3. The fraction of sp³-hybridized carbons (Fsp3) is 0.909. The van der Waals surface area contributed by atoms with Crippen molar-refractivity contribution in [1.82, 2.24) is 4.90 Å². The van der Waals surface area contributed by atoms with Crippen LogP contribution in [0, 0.1) is 17.8 Å². The van der Waals surface area contributed by atoms with E-state index in [4.69, 9.17) is 0 Å². The second kappa shape index (κ2) is 2.92. The predicted molar refractivity (Wildman–Crippen MR) is 50.5 cm³/mol. The zero-order chi connectivity index (χ0) is 10.6. The molecule has 0 bridgehead atoms. The monoisotopic (exact) mass is 215 g/mol. The van der Waals surface area contributed by atoms with E-state index in [-0.39, 0.29) is 24.2 Å². The van der Waals surface area contributed by atoms with Gasteiger partial charge in [-0.1, -0.05) is 0 Å². The maximum Gasteiger partial charge on any atom is 0.252 e. The first-order chi connectivity index (χ1) is 7.08. The largest absolute Gasteiger partial charge is 0.342 e. The third-order valence-electron chi connectivity index (χ3n) is 4.07. The van der Waals surface area contributed by atoms with Crippen molar-refractivity contribution in [3.05, 3.63) is 0 Å². The Morgan fingerprint density at radius 1 is 1.20 bits per heavy atom. The first-order valence-electron chi connectivity index (χ1n) is 5.74. The number of carbonyl (C=O) groups excluding carboxylic acids is 1. The lowest BCUT2D eigenvalue weighted by Gasteiger charge is -2.20. The summed E-state index contributed by atoms with van der Waals surface area (Å²) >= 11 is 0. The molecular formula is C11H15F2NO. The molecule has 0 spiro atoms. The highest BCUT2D eigenvalue weighted by Gasteiger charge is 2.55. The summed E-state index contributed by atoms with van der Waals surface area (Å²) in [4.78, 5) is 13.4. The Labute approximate surface area is 87.6 Å². The first kappa shape index (κ1) is 9.55. The molecule has 2 saturated carbocycles. The molecule has 84 valence electrons. The van der Waals surface area contributed by atoms with Gasteiger partial charge in [-0.25, -0.2) is 8.78 Å². The van der Waals surface area contributed by atoms with Crippen molar-refractivity contribution < 1.29 is 13.6 Å². The maximum atomic E-state index is 13.4. The quantitative estimate of drug-likeness (QED) is 0.654. The van der Waals surface area contributed by atoms with Gasteiger partial charge in [0.15, 0.2) is 0 Å². The van der Waals surface area contributed by atoms with Crippen molar-refractivity contribution in [1.29, 1.82) is 0 Å². The third-order valence-corrected chi connectivity index (χ3v) is 4.07. The second-order valence-corrected chi connectivity index (χ2v) is 5.18. The molecule has 0 unspecified atom stereocenters. The zero-order valence-electron chi connectivity index (χ0n) is 8.59. The van der Waals surface area contributed by atoms with Crippen LogP contribution < -0.4 is 0 Å². The molecule has 1 heterocycles. The molecule has 3 rings (SSSR count). The van der Waals surface area contributed by atoms with Crippen molar-refractivity contribution in [3.63, 3.8) is 0 Å². The number of carbonyl (C=O) groups is 1. The number of alkyl halides is 2. The lowest BCUT2D eigenvalue weighted by molar-refractivity contribution is -0.132. The van der Waals surface area contributed by atoms with E-state index in [0.717, 1.165) is 12.8 Å². The predicted octanol–water partition coefficient (Wildman–Crippen LogP) is 1.90. The minimum absolute atomic E-state index is 0.0216. The summed E-state index contributed by atoms with van der Waals surface area (Å²) in [6.07, 6.45) is 2.53. The Bertz CT molecular complexity index is 301. The Kier molecular flexibility index (Phi) is 1.86. The van der Waals surface area contributed by atoms with E-state index in [0.29, 0.717) is 19.5 Å². The summed E-state index contributed by atoms with van der Waals surface area (Å²) < 4.78 is 26.8. The van der Waals surface area contributed by atoms with Crippen LogP contribution in [0.1, 0.15) is 25.7 Å². The van der Waals surface area contributed by atoms with Crippen molar-refractivity contribution in [2.45, 2.75) is 31.6 Å². The van der Waals surface area contributed by atoms with Gasteiger partial charge in [-0.05, 0) is 25.2 Å². The number of likely N-dealkylation sites (tertiary alicyclic amines) is 1. The van der Waals surface area contributed by atoms with Crippen molar-refractivity contribution in [2.24, 2.45) is 17.8 Å². The first-order valence-corrected chi connectivity index (χ1v) is 5.74. The zero-order valence-corrected chi connectivity index (χ0v) is 8.59. The number of hydrogen-bond acceptors (Lipinski definition) is 1. The molecule has 0 aromatic carbocycles. The van der Waals surface area contributed by atoms with Gasteiger partial charge < -0.3 is 4.90 Å². The number of amides is 1. The van der Waals surface area contributed by atoms with Crippen LogP contribution in [-0.4, -0.2) is 29.8 Å². The Balaban J connectivity index is 1.70. The number of halogens is 2. The summed E-state index contributed by atoms with van der Waals surface area (Å²) in [5.41, 5.74) is 0. The Morgan fingerprint density at radius 2 is 1.93 bits per heavy atom. The minimum atomic E-state index is -2.52. The molecule has 4 heteroatoms. The fourth-order valence-corrected chi connectivity index (χ4v) is 2.97. The normalized spacial score (nSPS) is 38.1. The molecule has 1 amide bonds. The van der Waals surface area contributed by atoms with E-state index in [9.17, 15) is 13.6 Å². The molecule has 15 heavy (non-hydrogen) atoms. The van der Waals surface area contributed by atoms with E-state index in [1.54, 1.807) is 4.90 Å². The Hall–Kier alpha value is -0.670. The number of hydrogen-bond donors (Lipinski definition) is 0. The molecule has 3 aliphatic rings. The maximum absolute atomic E-state index is 13.4. The average Bonchev–Trinajstić information content (AvgIpc) is 2.86. The summed E-state index contributed by atoms with van der Waals surface area (Å²) in [6.45, 7) is 0.878. The second-order valence-electron chi connectivity index (χ2n) is 5.18. The van der Waals surface area contributed by atoms with Gasteiger partial charge in [-0.2, -0.15) is 0 Å². The van der Waals surface area contributed by atoms with Crippen molar-refractivity contribution in [3.8, 4) is 0 Å². The van der Waals surface area contributed by atoms with E-state index in [1.165, 1.54) is 0 Å². The van der Waals surface area contributed by atoms with Crippen LogP contribution in [0.25, 0.3) is 0 Å². The van der Waals surface area contributed by atoms with Crippen LogP contribution in [0.2, 0.25) is 0 Å². The summed E-state index contributed by atoms with van der Waals surface area (Å²) in [6, 6.07) is 0. The summed E-state index contributed by atoms with van der Waals surface area (Å²) in [7, 11) is 0. The van der Waals surface area contributed by atoms with Crippen LogP contribution in [-0.2, 0) is 4.79 Å². The van der Waals surface area contributed by atoms with Gasteiger partial charge in [0.1, 0.15) is 0 Å². The highest BCUT2D eigenvalue weighted by Crippen LogP contribution is 2.49. The van der Waals surface area contributed by atoms with Gasteiger partial charge >= 0.3 is 0 Å². The van der Waals surface area contributed by atoms with E-state index in [2.05, 4.69) is 0 Å². The molecule has 2 nitrogen and oxygen atoms in total. The van der Waals surface area contributed by atoms with E-state index in [1.807, 2.05) is 0 Å². The molecule has 2 atom stereocenters. The van der Waals surface area contributed by atoms with Gasteiger partial charge in [0.2, 0.25) is 5.91 Å². The van der Waals surface area contributed by atoms with Gasteiger partial charge in [0.25, 0.3) is 5.92 Å². The molecule has 1 aliphatic heterocycles. The molecule has 3 fully saturated rings. The molecule has 0 radical (unpaired) electrons. The van der Waals surface area contributed by atoms with Crippen molar-refractivity contribution >= 4 is 5.91 Å². The van der Waals surface area contributed by atoms with Crippen LogP contribution in [0.3, 0.4) is 0 Å². The lowest BCUT2D eigenvalue weighted by Crippen LogP contribution is -2.33. The molecule has 0 N–H and O–H groups in total. The van der Waals surface area contributed by atoms with Gasteiger partial charge in [0.05, 0.1) is 0 Å². The molecular weight excluding hydrogens is 200 g/mol. The molecule has 0 aromatic rings. The van der Waals surface area contributed by atoms with Crippen LogP contribution >= 0.6 is 0 Å². The number of fused-ring (bicyclic) bond motifs is 1. The standard InChI is InChI=1S/C11H15F2NO/c12-11(13)4-3-8-5-14(6-9(8)11)10(15)7-1-2-7/h7-9H,1-6H2/t8-,9+/m1/s1. The smallest absolute Gasteiger partial charge is 0.252 e. The molecule has 1 saturated heterocycles. The van der Waals surface area contributed by atoms with Gasteiger partial charge in [-0.15, -0.1) is 0 Å². The van der Waals surface area contributed by atoms with Gasteiger partial charge in [0, 0.05) is 31.3 Å². The van der Waals surface area contributed by atoms with Crippen LogP contribution in [0.15, 0.2) is 0 Å². The van der Waals surface area contributed by atoms with Gasteiger partial charge in [-0.3, -0.25) is 4.79 Å². The number of rotatable bonds is 1. The minimum Gasteiger partial charge on any atom is -0.342 e. The third kappa shape index (κ3) is 1.45. The molecule has 2 aliphatic carbocycles. The summed E-state index contributed by atoms with van der Waals surface area (Å²) in [5.74, 6) is -2.73. The highest BCUT2D eigenvalue weighted by molar-refractivity contribution is 5.81. The number of nitrogens with zero attached hydrogens (tertiary/aromatic N) is 1. The SMILES string of the molecule is O=C(C1CC1)N1C[C@H]2CCC(F)(F)[C@H]2C1. The molecule has 0 aromatic heterocycles. The lowest BCUT2D eigenvalue weighted by atomic mass is 9.99. The summed E-state index contributed by atoms with van der Waals surface area (Å²) in [5, 5.41) is 0. The van der Waals surface area contributed by atoms with Crippen molar-refractivity contribution in [2.75, 3.05) is 13.1 Å². The van der Waals surface area contributed by atoms with Crippen LogP contribution in [0.5, 0.6) is 0 Å². The fourth-order valence-electron chi connectivity index (χ4n) is 2.97. The topological polar surface area (TPSA) is 20.3 Å². The Morgan fingerprint density at radius 3 is 2.53 bits per heavy atom.